The van der Waals surface area contributed by atoms with Gasteiger partial charge in [0.25, 0.3) is 15.6 Å². The quantitative estimate of drug-likeness (QED) is 0.193. The molecule has 3 heterocycles. The molecule has 2 amide bonds. The highest BCUT2D eigenvalue weighted by Crippen LogP contribution is 2.40. The molecule has 1 aliphatic rings. The highest BCUT2D eigenvalue weighted by atomic mass is 32.2. The molecule has 6 rings (SSSR count). The van der Waals surface area contributed by atoms with Crippen molar-refractivity contribution in [3.05, 3.63) is 107 Å². The number of aryl methyl sites for hydroxylation is 2. The van der Waals surface area contributed by atoms with Gasteiger partial charge in [-0.1, -0.05) is 17.7 Å². The lowest BCUT2D eigenvalue weighted by molar-refractivity contribution is -0.120. The third-order valence-corrected chi connectivity index (χ3v) is 10.1. The molecule has 11 nitrogen and oxygen atoms in total. The summed E-state index contributed by atoms with van der Waals surface area (Å²) in [6.07, 6.45) is 3.15. The second-order valence-corrected chi connectivity index (χ2v) is 15.2. The SMILES string of the molecule is Cc1ccc(S(=O)(=O)n2ccc3c(-c4cc(NC(=O)[C@@H]5CCCN5C(=O)OC(C)(C)C)ccc4Oc4ccc(F)cc4F)cn(C)c(=O)c32)cc1. The number of aromatic nitrogens is 2. The predicted octanol–water partition coefficient (Wildman–Crippen LogP) is 6.96. The summed E-state index contributed by atoms with van der Waals surface area (Å²) >= 11 is 0. The van der Waals surface area contributed by atoms with E-state index >= 15 is 0 Å². The summed E-state index contributed by atoms with van der Waals surface area (Å²) in [6.45, 7) is 7.37. The Morgan fingerprint density at radius 2 is 1.65 bits per heavy atom. The molecule has 14 heteroatoms. The zero-order chi connectivity index (χ0) is 36.8. The van der Waals surface area contributed by atoms with Gasteiger partial charge in [-0.2, -0.15) is 0 Å². The van der Waals surface area contributed by atoms with Gasteiger partial charge >= 0.3 is 6.09 Å². The van der Waals surface area contributed by atoms with E-state index in [-0.39, 0.29) is 38.5 Å². The number of carbonyl (C=O) groups excluding carboxylic acids is 2. The summed E-state index contributed by atoms with van der Waals surface area (Å²) in [5.74, 6) is -2.48. The molecule has 0 bridgehead atoms. The number of pyridine rings is 1. The van der Waals surface area contributed by atoms with E-state index in [1.165, 1.54) is 65.3 Å². The van der Waals surface area contributed by atoms with Crippen LogP contribution in [0.1, 0.15) is 39.2 Å². The van der Waals surface area contributed by atoms with Gasteiger partial charge in [0.1, 0.15) is 28.7 Å². The van der Waals surface area contributed by atoms with Crippen LogP contribution in [0, 0.1) is 18.6 Å². The molecule has 0 spiro atoms. The highest BCUT2D eigenvalue weighted by Gasteiger charge is 2.37. The average molecular weight is 719 g/mol. The minimum atomic E-state index is -4.22. The number of anilines is 1. The Morgan fingerprint density at radius 3 is 2.33 bits per heavy atom. The van der Waals surface area contributed by atoms with Gasteiger partial charge in [0.15, 0.2) is 11.6 Å². The number of likely N-dealkylation sites (tertiary alicyclic amines) is 1. The van der Waals surface area contributed by atoms with Gasteiger partial charge in [-0.15, -0.1) is 0 Å². The largest absolute Gasteiger partial charge is 0.454 e. The molecule has 0 unspecified atom stereocenters. The maximum atomic E-state index is 14.8. The number of nitrogens with zero attached hydrogens (tertiary/aromatic N) is 3. The number of carbonyl (C=O) groups is 2. The minimum Gasteiger partial charge on any atom is -0.454 e. The fraction of sp³-hybridized carbons (Fsp3) is 0.270. The smallest absolute Gasteiger partial charge is 0.410 e. The number of fused-ring (bicyclic) bond motifs is 1. The molecular formula is C37H36F2N4O7S. The van der Waals surface area contributed by atoms with Gasteiger partial charge in [-0.25, -0.2) is 26.0 Å². The molecule has 51 heavy (non-hydrogen) atoms. The molecule has 1 atom stereocenters. The number of hydrogen-bond donors (Lipinski definition) is 1. The van der Waals surface area contributed by atoms with Crippen molar-refractivity contribution in [3.63, 3.8) is 0 Å². The number of benzene rings is 3. The molecule has 0 saturated carbocycles. The standard InChI is InChI=1S/C37H36F2N4O7S/c1-22-8-12-25(13-9-22)51(47,48)43-18-16-26-28(21-41(5)35(45)33(26)43)27-20-24(11-15-31(27)49-32-14-10-23(38)19-29(32)39)40-34(44)30-7-6-17-42(30)36(46)50-37(2,3)4/h8-16,18-21,30H,6-7,17H2,1-5H3,(H,40,44)/t30-/m0/s1. The first-order valence-electron chi connectivity index (χ1n) is 16.1. The maximum absolute atomic E-state index is 14.8. The average Bonchev–Trinajstić information content (AvgIpc) is 3.74. The highest BCUT2D eigenvalue weighted by molar-refractivity contribution is 7.90. The summed E-state index contributed by atoms with van der Waals surface area (Å²) in [6, 6.07) is 14.2. The molecule has 1 N–H and O–H groups in total. The van der Waals surface area contributed by atoms with Crippen LogP contribution >= 0.6 is 0 Å². The van der Waals surface area contributed by atoms with E-state index in [2.05, 4.69) is 5.32 Å². The van der Waals surface area contributed by atoms with Crippen LogP contribution in [0.2, 0.25) is 0 Å². The maximum Gasteiger partial charge on any atom is 0.410 e. The molecule has 1 fully saturated rings. The molecule has 266 valence electrons. The first-order chi connectivity index (χ1) is 24.0. The van der Waals surface area contributed by atoms with Gasteiger partial charge in [-0.05, 0) is 89.1 Å². The Hall–Kier alpha value is -5.50. The van der Waals surface area contributed by atoms with Crippen LogP contribution in [0.3, 0.4) is 0 Å². The van der Waals surface area contributed by atoms with E-state index < -0.39 is 50.9 Å². The minimum absolute atomic E-state index is 0.0223. The van der Waals surface area contributed by atoms with Crippen LogP contribution in [-0.2, 0) is 26.6 Å². The van der Waals surface area contributed by atoms with Crippen molar-refractivity contribution < 1.29 is 36.3 Å². The van der Waals surface area contributed by atoms with E-state index in [4.69, 9.17) is 9.47 Å². The summed E-state index contributed by atoms with van der Waals surface area (Å²) in [7, 11) is -2.76. The molecule has 1 saturated heterocycles. The van der Waals surface area contributed by atoms with E-state index in [0.29, 0.717) is 31.0 Å². The Balaban J connectivity index is 1.46. The van der Waals surface area contributed by atoms with Crippen molar-refractivity contribution in [2.75, 3.05) is 11.9 Å². The van der Waals surface area contributed by atoms with E-state index in [1.54, 1.807) is 32.9 Å². The molecule has 3 aromatic carbocycles. The van der Waals surface area contributed by atoms with Crippen LogP contribution in [0.25, 0.3) is 22.0 Å². The Morgan fingerprint density at radius 1 is 0.941 bits per heavy atom. The number of hydrogen-bond acceptors (Lipinski definition) is 7. The van der Waals surface area contributed by atoms with Crippen LogP contribution in [0.15, 0.2) is 88.8 Å². The first-order valence-corrected chi connectivity index (χ1v) is 17.6. The van der Waals surface area contributed by atoms with Gasteiger partial charge in [0.05, 0.1) is 4.90 Å². The molecule has 2 aromatic heterocycles. The first kappa shape index (κ1) is 35.3. The van der Waals surface area contributed by atoms with E-state index in [0.717, 1.165) is 21.7 Å². The van der Waals surface area contributed by atoms with Gasteiger partial charge < -0.3 is 19.4 Å². The van der Waals surface area contributed by atoms with Crippen LogP contribution < -0.4 is 15.6 Å². The van der Waals surface area contributed by atoms with Gasteiger partial charge in [0, 0.05) is 54.3 Å². The van der Waals surface area contributed by atoms with Crippen molar-refractivity contribution >= 4 is 38.6 Å². The predicted molar refractivity (Wildman–Crippen MR) is 187 cm³/mol. The topological polar surface area (TPSA) is 129 Å². The molecular weight excluding hydrogens is 682 g/mol. The Kier molecular flexibility index (Phi) is 9.23. The fourth-order valence-corrected chi connectivity index (χ4v) is 7.30. The number of halogens is 2. The van der Waals surface area contributed by atoms with E-state index in [1.807, 2.05) is 6.92 Å². The molecule has 0 radical (unpaired) electrons. The van der Waals surface area contributed by atoms with Crippen molar-refractivity contribution in [2.24, 2.45) is 7.05 Å². The monoisotopic (exact) mass is 718 g/mol. The van der Waals surface area contributed by atoms with Crippen molar-refractivity contribution in [1.82, 2.24) is 13.4 Å². The summed E-state index contributed by atoms with van der Waals surface area (Å²) in [5.41, 5.74) is 0.179. The van der Waals surface area contributed by atoms with Gasteiger partial charge in [-0.3, -0.25) is 14.5 Å². The van der Waals surface area contributed by atoms with Crippen molar-refractivity contribution in [3.8, 4) is 22.6 Å². The Labute approximate surface area is 293 Å². The van der Waals surface area contributed by atoms with Crippen LogP contribution in [-0.4, -0.2) is 52.0 Å². The molecule has 0 aliphatic carbocycles. The normalized spacial score (nSPS) is 14.9. The number of amides is 2. The third-order valence-electron chi connectivity index (χ3n) is 8.40. The second-order valence-electron chi connectivity index (χ2n) is 13.4. The summed E-state index contributed by atoms with van der Waals surface area (Å²) in [4.78, 5) is 41.4. The number of rotatable bonds is 7. The zero-order valence-electron chi connectivity index (χ0n) is 28.6. The van der Waals surface area contributed by atoms with Crippen LogP contribution in [0.4, 0.5) is 19.3 Å². The molecule has 1 aliphatic heterocycles. The lowest BCUT2D eigenvalue weighted by Gasteiger charge is -2.28. The summed E-state index contributed by atoms with van der Waals surface area (Å²) in [5, 5.41) is 3.07. The Bertz CT molecular complexity index is 2350. The van der Waals surface area contributed by atoms with Gasteiger partial charge in [0.2, 0.25) is 5.91 Å². The zero-order valence-corrected chi connectivity index (χ0v) is 29.4. The van der Waals surface area contributed by atoms with E-state index in [9.17, 15) is 31.6 Å². The number of ether oxygens (including phenoxy) is 2. The second kappa shape index (κ2) is 13.3. The van der Waals surface area contributed by atoms with Crippen molar-refractivity contribution in [2.45, 2.75) is 57.1 Å². The lowest BCUT2D eigenvalue weighted by Crippen LogP contribution is -2.45. The fourth-order valence-electron chi connectivity index (χ4n) is 5.96. The van der Waals surface area contributed by atoms with Crippen molar-refractivity contribution in [1.29, 1.82) is 0 Å². The number of nitrogens with one attached hydrogen (secondary N) is 1. The third kappa shape index (κ3) is 7.09. The van der Waals surface area contributed by atoms with Crippen LogP contribution in [0.5, 0.6) is 11.5 Å². The lowest BCUT2D eigenvalue weighted by atomic mass is 10.0. The molecule has 5 aromatic rings. The summed E-state index contributed by atoms with van der Waals surface area (Å²) < 4.78 is 69.7.